The van der Waals surface area contributed by atoms with E-state index in [-0.39, 0.29) is 11.9 Å². The van der Waals surface area contributed by atoms with Crippen molar-refractivity contribution in [1.29, 1.82) is 0 Å². The predicted molar refractivity (Wildman–Crippen MR) is 75.8 cm³/mol. The van der Waals surface area contributed by atoms with Gasteiger partial charge in [0.05, 0.1) is 12.5 Å². The lowest BCUT2D eigenvalue weighted by Crippen LogP contribution is -2.17. The maximum atomic E-state index is 11.6. The molecule has 0 amide bonds. The summed E-state index contributed by atoms with van der Waals surface area (Å²) in [6.07, 6.45) is 9.55. The summed E-state index contributed by atoms with van der Waals surface area (Å²) in [5, 5.41) is 0. The number of Topliss-reactive ketones (excluding diaryl/α,β-unsaturated/α-hetero) is 1. The molecule has 0 bridgehead atoms. The van der Waals surface area contributed by atoms with E-state index in [4.69, 9.17) is 4.74 Å². The van der Waals surface area contributed by atoms with Crippen LogP contribution in [0.3, 0.4) is 0 Å². The van der Waals surface area contributed by atoms with Crippen LogP contribution in [0.4, 0.5) is 0 Å². The Bertz CT molecular complexity index is 331. The number of allylic oxidation sites excluding steroid dienone is 2. The van der Waals surface area contributed by atoms with Gasteiger partial charge in [-0.15, -0.1) is 0 Å². The van der Waals surface area contributed by atoms with Crippen molar-refractivity contribution in [2.24, 2.45) is 5.92 Å². The fourth-order valence-corrected chi connectivity index (χ4v) is 2.53. The number of ketones is 1. The average Bonchev–Trinajstić information content (AvgIpc) is 2.79. The molecule has 1 aliphatic rings. The number of hydrogen-bond donors (Lipinski definition) is 0. The molecule has 0 radical (unpaired) electrons. The van der Waals surface area contributed by atoms with Gasteiger partial charge in [0.25, 0.3) is 0 Å². The minimum Gasteiger partial charge on any atom is -0.466 e. The van der Waals surface area contributed by atoms with Gasteiger partial charge in [-0.25, -0.2) is 0 Å². The Kier molecular flexibility index (Phi) is 7.46. The van der Waals surface area contributed by atoms with Crippen LogP contribution in [0.15, 0.2) is 11.6 Å². The topological polar surface area (TPSA) is 43.4 Å². The molecule has 1 unspecified atom stereocenters. The second-order valence-electron chi connectivity index (χ2n) is 5.15. The molecule has 0 aromatic carbocycles. The number of unbranched alkanes of at least 4 members (excludes halogenated alkanes) is 2. The van der Waals surface area contributed by atoms with Gasteiger partial charge < -0.3 is 4.74 Å². The SMILES string of the molecule is CCOC(=O)C(CC)CCCCCC1=CCCC1=O. The third-order valence-electron chi connectivity index (χ3n) is 3.73. The summed E-state index contributed by atoms with van der Waals surface area (Å²) in [7, 11) is 0. The first-order chi connectivity index (χ1) is 9.19. The van der Waals surface area contributed by atoms with Crippen LogP contribution in [0, 0.1) is 5.92 Å². The molecule has 0 fully saturated rings. The van der Waals surface area contributed by atoms with E-state index in [0.717, 1.165) is 50.5 Å². The second-order valence-corrected chi connectivity index (χ2v) is 5.15. The van der Waals surface area contributed by atoms with Gasteiger partial charge in [0, 0.05) is 6.42 Å². The molecule has 0 aromatic heterocycles. The van der Waals surface area contributed by atoms with Gasteiger partial charge >= 0.3 is 5.97 Å². The molecule has 0 heterocycles. The highest BCUT2D eigenvalue weighted by atomic mass is 16.5. The maximum absolute atomic E-state index is 11.6. The van der Waals surface area contributed by atoms with E-state index >= 15 is 0 Å². The van der Waals surface area contributed by atoms with Crippen molar-refractivity contribution in [3.8, 4) is 0 Å². The summed E-state index contributed by atoms with van der Waals surface area (Å²) in [6, 6.07) is 0. The molecule has 1 rings (SSSR count). The van der Waals surface area contributed by atoms with Gasteiger partial charge in [0.15, 0.2) is 5.78 Å². The first-order valence-electron chi connectivity index (χ1n) is 7.57. The van der Waals surface area contributed by atoms with E-state index < -0.39 is 0 Å². The zero-order valence-corrected chi connectivity index (χ0v) is 12.2. The Hall–Kier alpha value is -1.12. The summed E-state index contributed by atoms with van der Waals surface area (Å²) in [6.45, 7) is 4.34. The van der Waals surface area contributed by atoms with Crippen LogP contribution in [-0.4, -0.2) is 18.4 Å². The minimum absolute atomic E-state index is 0.0484. The molecule has 0 aliphatic heterocycles. The smallest absolute Gasteiger partial charge is 0.308 e. The lowest BCUT2D eigenvalue weighted by atomic mass is 9.97. The van der Waals surface area contributed by atoms with E-state index in [2.05, 4.69) is 6.08 Å². The third kappa shape index (κ3) is 5.58. The number of esters is 1. The number of carbonyl (C=O) groups is 2. The zero-order chi connectivity index (χ0) is 14.1. The fraction of sp³-hybridized carbons (Fsp3) is 0.750. The molecule has 0 aromatic rings. The Morgan fingerprint density at radius 3 is 2.68 bits per heavy atom. The van der Waals surface area contributed by atoms with Crippen molar-refractivity contribution >= 4 is 11.8 Å². The molecule has 19 heavy (non-hydrogen) atoms. The molecule has 3 heteroatoms. The van der Waals surface area contributed by atoms with E-state index in [1.807, 2.05) is 13.8 Å². The Balaban J connectivity index is 2.12. The molecule has 1 atom stereocenters. The van der Waals surface area contributed by atoms with Crippen LogP contribution in [-0.2, 0) is 14.3 Å². The standard InChI is InChI=1S/C16H26O3/c1-3-13(16(18)19-4-2)9-6-5-7-10-14-11-8-12-15(14)17/h11,13H,3-10,12H2,1-2H3. The van der Waals surface area contributed by atoms with Crippen molar-refractivity contribution in [3.05, 3.63) is 11.6 Å². The quantitative estimate of drug-likeness (QED) is 0.471. The predicted octanol–water partition coefficient (Wildman–Crippen LogP) is 3.82. The highest BCUT2D eigenvalue weighted by molar-refractivity contribution is 5.97. The summed E-state index contributed by atoms with van der Waals surface area (Å²) in [4.78, 5) is 23.0. The van der Waals surface area contributed by atoms with Gasteiger partial charge in [-0.1, -0.05) is 25.8 Å². The van der Waals surface area contributed by atoms with Gasteiger partial charge in [0.1, 0.15) is 0 Å². The molecule has 0 saturated heterocycles. The number of ether oxygens (including phenoxy) is 1. The van der Waals surface area contributed by atoms with Crippen LogP contribution >= 0.6 is 0 Å². The van der Waals surface area contributed by atoms with Crippen LogP contribution in [0.25, 0.3) is 0 Å². The van der Waals surface area contributed by atoms with E-state index in [1.54, 1.807) is 0 Å². The van der Waals surface area contributed by atoms with Crippen molar-refractivity contribution < 1.29 is 14.3 Å². The summed E-state index contributed by atoms with van der Waals surface area (Å²) in [5.74, 6) is 0.323. The number of carbonyl (C=O) groups excluding carboxylic acids is 2. The highest BCUT2D eigenvalue weighted by Crippen LogP contribution is 2.21. The fourth-order valence-electron chi connectivity index (χ4n) is 2.53. The molecule has 1 aliphatic carbocycles. The number of rotatable bonds is 9. The van der Waals surface area contributed by atoms with E-state index in [9.17, 15) is 9.59 Å². The first-order valence-corrected chi connectivity index (χ1v) is 7.57. The molecule has 0 spiro atoms. The van der Waals surface area contributed by atoms with Gasteiger partial charge in [-0.3, -0.25) is 9.59 Å². The molecule has 0 N–H and O–H groups in total. The summed E-state index contributed by atoms with van der Waals surface area (Å²) < 4.78 is 5.05. The Labute approximate surface area is 116 Å². The van der Waals surface area contributed by atoms with Crippen LogP contribution in [0.5, 0.6) is 0 Å². The van der Waals surface area contributed by atoms with E-state index in [1.165, 1.54) is 0 Å². The number of hydrogen-bond acceptors (Lipinski definition) is 3. The highest BCUT2D eigenvalue weighted by Gasteiger charge is 2.17. The lowest BCUT2D eigenvalue weighted by molar-refractivity contribution is -0.148. The van der Waals surface area contributed by atoms with Gasteiger partial charge in [-0.05, 0) is 44.6 Å². The van der Waals surface area contributed by atoms with Crippen molar-refractivity contribution in [3.63, 3.8) is 0 Å². The average molecular weight is 266 g/mol. The molecular weight excluding hydrogens is 240 g/mol. The van der Waals surface area contributed by atoms with Crippen molar-refractivity contribution in [2.45, 2.75) is 65.2 Å². The first kappa shape index (κ1) is 15.9. The molecule has 108 valence electrons. The minimum atomic E-state index is -0.0568. The molecule has 0 saturated carbocycles. The van der Waals surface area contributed by atoms with Crippen LogP contribution in [0.2, 0.25) is 0 Å². The van der Waals surface area contributed by atoms with E-state index in [0.29, 0.717) is 18.8 Å². The Morgan fingerprint density at radius 2 is 2.11 bits per heavy atom. The monoisotopic (exact) mass is 266 g/mol. The van der Waals surface area contributed by atoms with Gasteiger partial charge in [0.2, 0.25) is 0 Å². The molecule has 3 nitrogen and oxygen atoms in total. The van der Waals surface area contributed by atoms with Crippen molar-refractivity contribution in [2.75, 3.05) is 6.61 Å². The normalized spacial score (nSPS) is 16.3. The largest absolute Gasteiger partial charge is 0.466 e. The second kappa shape index (κ2) is 8.89. The van der Waals surface area contributed by atoms with Crippen molar-refractivity contribution in [1.82, 2.24) is 0 Å². The lowest BCUT2D eigenvalue weighted by Gasteiger charge is -2.13. The van der Waals surface area contributed by atoms with Crippen LogP contribution in [0.1, 0.15) is 65.2 Å². The molecular formula is C16H26O3. The van der Waals surface area contributed by atoms with Gasteiger partial charge in [-0.2, -0.15) is 0 Å². The third-order valence-corrected chi connectivity index (χ3v) is 3.73. The summed E-state index contributed by atoms with van der Waals surface area (Å²) in [5.41, 5.74) is 1.03. The maximum Gasteiger partial charge on any atom is 0.308 e. The summed E-state index contributed by atoms with van der Waals surface area (Å²) >= 11 is 0. The Morgan fingerprint density at radius 1 is 1.32 bits per heavy atom. The zero-order valence-electron chi connectivity index (χ0n) is 12.2. The van der Waals surface area contributed by atoms with Crippen LogP contribution < -0.4 is 0 Å².